The van der Waals surface area contributed by atoms with Gasteiger partial charge in [0, 0.05) is 13.1 Å². The predicted octanol–water partition coefficient (Wildman–Crippen LogP) is 2.27. The van der Waals surface area contributed by atoms with Gasteiger partial charge in [-0.25, -0.2) is 4.39 Å². The summed E-state index contributed by atoms with van der Waals surface area (Å²) in [7, 11) is 3.59. The number of benzene rings is 1. The summed E-state index contributed by atoms with van der Waals surface area (Å²) < 4.78 is 18.5. The van der Waals surface area contributed by atoms with Crippen molar-refractivity contribution >= 4 is 0 Å². The Morgan fingerprint density at radius 3 is 2.74 bits per heavy atom. The lowest BCUT2D eigenvalue weighted by Crippen LogP contribution is -2.34. The van der Waals surface area contributed by atoms with Crippen molar-refractivity contribution < 1.29 is 9.13 Å². The van der Waals surface area contributed by atoms with E-state index in [0.29, 0.717) is 5.75 Å². The Morgan fingerprint density at radius 1 is 1.37 bits per heavy atom. The molecule has 0 aliphatic carbocycles. The maximum absolute atomic E-state index is 13.6. The second-order valence-electron chi connectivity index (χ2n) is 5.36. The van der Waals surface area contributed by atoms with Crippen molar-refractivity contribution in [1.29, 1.82) is 0 Å². The number of rotatable bonds is 5. The van der Waals surface area contributed by atoms with Crippen LogP contribution in [0.2, 0.25) is 0 Å². The minimum Gasteiger partial charge on any atom is -0.494 e. The minimum absolute atomic E-state index is 0.282. The molecule has 0 unspecified atom stereocenters. The average Bonchev–Trinajstić information content (AvgIpc) is 2.40. The second-order valence-corrected chi connectivity index (χ2v) is 5.36. The zero-order valence-electron chi connectivity index (χ0n) is 11.8. The molecule has 1 aliphatic heterocycles. The van der Waals surface area contributed by atoms with E-state index in [-0.39, 0.29) is 5.82 Å². The molecule has 1 aliphatic rings. The molecule has 0 bridgehead atoms. The molecule has 1 N–H and O–H groups in total. The summed E-state index contributed by atoms with van der Waals surface area (Å²) in [5.41, 5.74) is 0.995. The van der Waals surface area contributed by atoms with E-state index in [2.05, 4.69) is 17.3 Å². The van der Waals surface area contributed by atoms with Crippen LogP contribution in [0.5, 0.6) is 5.75 Å². The summed E-state index contributed by atoms with van der Waals surface area (Å²) in [6, 6.07) is 5.20. The zero-order chi connectivity index (χ0) is 13.7. The highest BCUT2D eigenvalue weighted by Crippen LogP contribution is 2.19. The van der Waals surface area contributed by atoms with Gasteiger partial charge < -0.3 is 15.0 Å². The first kappa shape index (κ1) is 14.3. The number of halogens is 1. The first-order chi connectivity index (χ1) is 9.19. The van der Waals surface area contributed by atoms with Crippen LogP contribution in [-0.4, -0.2) is 38.7 Å². The molecular weight excluding hydrogens is 243 g/mol. The van der Waals surface area contributed by atoms with Gasteiger partial charge in [0.1, 0.15) is 0 Å². The zero-order valence-corrected chi connectivity index (χ0v) is 11.8. The molecule has 0 radical (unpaired) electrons. The van der Waals surface area contributed by atoms with Crippen LogP contribution < -0.4 is 10.1 Å². The van der Waals surface area contributed by atoms with Gasteiger partial charge in [-0.2, -0.15) is 0 Å². The summed E-state index contributed by atoms with van der Waals surface area (Å²) in [6.45, 7) is 4.10. The monoisotopic (exact) mass is 266 g/mol. The van der Waals surface area contributed by atoms with E-state index in [1.165, 1.54) is 20.0 Å². The third kappa shape index (κ3) is 4.18. The molecule has 2 rings (SSSR count). The van der Waals surface area contributed by atoms with Crippen LogP contribution >= 0.6 is 0 Å². The minimum atomic E-state index is -0.282. The van der Waals surface area contributed by atoms with Gasteiger partial charge in [0.05, 0.1) is 7.11 Å². The molecule has 1 aromatic rings. The molecule has 3 nitrogen and oxygen atoms in total. The molecule has 4 heteroatoms. The van der Waals surface area contributed by atoms with Crippen LogP contribution in [-0.2, 0) is 6.54 Å². The van der Waals surface area contributed by atoms with Crippen molar-refractivity contribution in [2.24, 2.45) is 5.92 Å². The molecule has 0 amide bonds. The number of ether oxygens (including phenoxy) is 1. The number of hydrogen-bond acceptors (Lipinski definition) is 3. The molecule has 0 saturated carbocycles. The fourth-order valence-corrected chi connectivity index (χ4v) is 2.69. The summed E-state index contributed by atoms with van der Waals surface area (Å²) >= 11 is 0. The second kappa shape index (κ2) is 6.87. The summed E-state index contributed by atoms with van der Waals surface area (Å²) in [5.74, 6) is 0.786. The van der Waals surface area contributed by atoms with Gasteiger partial charge >= 0.3 is 0 Å². The van der Waals surface area contributed by atoms with Crippen molar-refractivity contribution in [2.75, 3.05) is 33.8 Å². The lowest BCUT2D eigenvalue weighted by Gasteiger charge is -2.27. The van der Waals surface area contributed by atoms with Crippen LogP contribution in [0.3, 0.4) is 0 Å². The van der Waals surface area contributed by atoms with E-state index in [1.54, 1.807) is 12.1 Å². The Hall–Kier alpha value is -1.13. The largest absolute Gasteiger partial charge is 0.494 e. The molecule has 19 heavy (non-hydrogen) atoms. The van der Waals surface area contributed by atoms with Crippen LogP contribution in [0, 0.1) is 11.7 Å². The fourth-order valence-electron chi connectivity index (χ4n) is 2.69. The van der Waals surface area contributed by atoms with E-state index in [1.807, 2.05) is 6.07 Å². The van der Waals surface area contributed by atoms with E-state index in [9.17, 15) is 4.39 Å². The van der Waals surface area contributed by atoms with Crippen molar-refractivity contribution in [3.05, 3.63) is 29.6 Å². The molecule has 0 aromatic heterocycles. The number of piperidine rings is 1. The molecule has 106 valence electrons. The fraction of sp³-hybridized carbons (Fsp3) is 0.600. The Balaban J connectivity index is 1.87. The predicted molar refractivity (Wildman–Crippen MR) is 74.9 cm³/mol. The van der Waals surface area contributed by atoms with Gasteiger partial charge in [0.2, 0.25) is 0 Å². The number of methoxy groups -OCH3 is 1. The van der Waals surface area contributed by atoms with Gasteiger partial charge in [0.25, 0.3) is 0 Å². The average molecular weight is 266 g/mol. The number of hydrogen-bond donors (Lipinski definition) is 1. The highest BCUT2D eigenvalue weighted by molar-refractivity contribution is 5.29. The first-order valence-electron chi connectivity index (χ1n) is 6.90. The Kier molecular flexibility index (Phi) is 5.16. The van der Waals surface area contributed by atoms with Crippen LogP contribution in [0.1, 0.15) is 18.4 Å². The molecular formula is C15H23FN2O. The molecule has 1 heterocycles. The molecule has 1 fully saturated rings. The molecule has 1 aromatic carbocycles. The quantitative estimate of drug-likeness (QED) is 0.885. The molecule has 0 spiro atoms. The van der Waals surface area contributed by atoms with Crippen molar-refractivity contribution in [3.63, 3.8) is 0 Å². The van der Waals surface area contributed by atoms with E-state index < -0.39 is 0 Å². The van der Waals surface area contributed by atoms with Crippen LogP contribution in [0.25, 0.3) is 0 Å². The molecule has 0 atom stereocenters. The maximum atomic E-state index is 13.6. The van der Waals surface area contributed by atoms with Gasteiger partial charge in [-0.15, -0.1) is 0 Å². The molecule has 1 saturated heterocycles. The standard InChI is InChI=1S/C15H23FN2O/c1-18(10-12-5-7-17-8-6-12)11-13-3-4-15(19-2)14(16)9-13/h3-4,9,12,17H,5-8,10-11H2,1-2H3. The van der Waals surface area contributed by atoms with Gasteiger partial charge in [-0.1, -0.05) is 6.07 Å². The Labute approximate surface area is 114 Å². The third-order valence-corrected chi connectivity index (χ3v) is 3.70. The number of nitrogens with one attached hydrogen (secondary N) is 1. The lowest BCUT2D eigenvalue weighted by atomic mass is 9.97. The van der Waals surface area contributed by atoms with Gasteiger partial charge in [-0.3, -0.25) is 0 Å². The maximum Gasteiger partial charge on any atom is 0.165 e. The van der Waals surface area contributed by atoms with E-state index >= 15 is 0 Å². The van der Waals surface area contributed by atoms with Crippen LogP contribution in [0.15, 0.2) is 18.2 Å². The smallest absolute Gasteiger partial charge is 0.165 e. The van der Waals surface area contributed by atoms with E-state index in [0.717, 1.165) is 37.7 Å². The van der Waals surface area contributed by atoms with E-state index in [4.69, 9.17) is 4.74 Å². The van der Waals surface area contributed by atoms with Crippen molar-refractivity contribution in [1.82, 2.24) is 10.2 Å². The van der Waals surface area contributed by atoms with Crippen molar-refractivity contribution in [2.45, 2.75) is 19.4 Å². The van der Waals surface area contributed by atoms with Gasteiger partial charge in [0.15, 0.2) is 11.6 Å². The summed E-state index contributed by atoms with van der Waals surface area (Å²) in [5, 5.41) is 3.38. The van der Waals surface area contributed by atoms with Crippen molar-refractivity contribution in [3.8, 4) is 5.75 Å². The van der Waals surface area contributed by atoms with Crippen LogP contribution in [0.4, 0.5) is 4.39 Å². The topological polar surface area (TPSA) is 24.5 Å². The SMILES string of the molecule is COc1ccc(CN(C)CC2CCNCC2)cc1F. The third-order valence-electron chi connectivity index (χ3n) is 3.70. The normalized spacial score (nSPS) is 16.8. The first-order valence-corrected chi connectivity index (χ1v) is 6.90. The number of nitrogens with zero attached hydrogens (tertiary/aromatic N) is 1. The Morgan fingerprint density at radius 2 is 2.11 bits per heavy atom. The lowest BCUT2D eigenvalue weighted by molar-refractivity contribution is 0.234. The summed E-state index contributed by atoms with van der Waals surface area (Å²) in [6.07, 6.45) is 2.47. The summed E-state index contributed by atoms with van der Waals surface area (Å²) in [4.78, 5) is 2.28. The highest BCUT2D eigenvalue weighted by Gasteiger charge is 2.15. The highest BCUT2D eigenvalue weighted by atomic mass is 19.1. The van der Waals surface area contributed by atoms with Gasteiger partial charge in [-0.05, 0) is 56.6 Å². The Bertz CT molecular complexity index is 405.